The average molecular weight is 283 g/mol. The van der Waals surface area contributed by atoms with Gasteiger partial charge in [-0.15, -0.1) is 0 Å². The van der Waals surface area contributed by atoms with Crippen LogP contribution in [0.4, 0.5) is 13.2 Å². The van der Waals surface area contributed by atoms with Crippen molar-refractivity contribution in [2.75, 3.05) is 13.1 Å². The van der Waals surface area contributed by atoms with Gasteiger partial charge in [0.15, 0.2) is 5.60 Å². The Morgan fingerprint density at radius 3 is 1.84 bits per heavy atom. The second-order valence-electron chi connectivity index (χ2n) is 5.42. The van der Waals surface area contributed by atoms with Crippen molar-refractivity contribution in [1.29, 1.82) is 0 Å². The van der Waals surface area contributed by atoms with Crippen LogP contribution >= 0.6 is 0 Å². The number of unbranched alkanes of at least 4 members (excludes halogenated alkanes) is 7. The van der Waals surface area contributed by atoms with Crippen molar-refractivity contribution in [2.24, 2.45) is 0 Å². The minimum Gasteiger partial charge on any atom is -0.380 e. The molecular weight excluding hydrogens is 255 g/mol. The predicted molar refractivity (Wildman–Crippen MR) is 72.2 cm³/mol. The molecule has 19 heavy (non-hydrogen) atoms. The van der Waals surface area contributed by atoms with Crippen molar-refractivity contribution in [1.82, 2.24) is 5.32 Å². The third kappa shape index (κ3) is 9.27. The molecule has 0 bridgehead atoms. The first kappa shape index (κ1) is 18.7. The molecule has 0 aromatic carbocycles. The number of hydrogen-bond acceptors (Lipinski definition) is 2. The summed E-state index contributed by atoms with van der Waals surface area (Å²) in [6, 6.07) is 0. The fraction of sp³-hybridized carbons (Fsp3) is 1.00. The molecule has 5 heteroatoms. The molecule has 0 rings (SSSR count). The zero-order chi connectivity index (χ0) is 14.8. The Labute approximate surface area is 114 Å². The second kappa shape index (κ2) is 9.59. The molecule has 0 aliphatic carbocycles. The lowest BCUT2D eigenvalue weighted by Crippen LogP contribution is -2.50. The molecular formula is C14H28F3NO. The fourth-order valence-electron chi connectivity index (χ4n) is 1.82. The highest BCUT2D eigenvalue weighted by molar-refractivity contribution is 4.83. The summed E-state index contributed by atoms with van der Waals surface area (Å²) in [6.45, 7) is 3.07. The van der Waals surface area contributed by atoms with E-state index in [4.69, 9.17) is 0 Å². The molecule has 0 amide bonds. The minimum absolute atomic E-state index is 0.438. The third-order valence-electron chi connectivity index (χ3n) is 3.29. The molecule has 0 aromatic rings. The van der Waals surface area contributed by atoms with Crippen LogP contribution in [0.2, 0.25) is 0 Å². The van der Waals surface area contributed by atoms with Crippen LogP contribution in [-0.2, 0) is 0 Å². The van der Waals surface area contributed by atoms with Gasteiger partial charge in [0.2, 0.25) is 0 Å². The van der Waals surface area contributed by atoms with Crippen LogP contribution in [-0.4, -0.2) is 30.0 Å². The smallest absolute Gasteiger partial charge is 0.380 e. The third-order valence-corrected chi connectivity index (χ3v) is 3.29. The Kier molecular flexibility index (Phi) is 9.44. The van der Waals surface area contributed by atoms with Crippen molar-refractivity contribution < 1.29 is 18.3 Å². The number of nitrogens with one attached hydrogen (secondary N) is 1. The summed E-state index contributed by atoms with van der Waals surface area (Å²) in [4.78, 5) is 0. The van der Waals surface area contributed by atoms with Crippen LogP contribution < -0.4 is 5.32 Å². The van der Waals surface area contributed by atoms with Crippen LogP contribution in [0.15, 0.2) is 0 Å². The average Bonchev–Trinajstić information content (AvgIpc) is 2.30. The monoisotopic (exact) mass is 283 g/mol. The summed E-state index contributed by atoms with van der Waals surface area (Å²) < 4.78 is 37.0. The normalized spacial score (nSPS) is 15.5. The summed E-state index contributed by atoms with van der Waals surface area (Å²) >= 11 is 0. The van der Waals surface area contributed by atoms with E-state index in [1.807, 2.05) is 0 Å². The van der Waals surface area contributed by atoms with Crippen LogP contribution in [0.5, 0.6) is 0 Å². The zero-order valence-electron chi connectivity index (χ0n) is 12.2. The van der Waals surface area contributed by atoms with Gasteiger partial charge < -0.3 is 10.4 Å². The van der Waals surface area contributed by atoms with E-state index in [0.29, 0.717) is 6.54 Å². The van der Waals surface area contributed by atoms with E-state index < -0.39 is 18.3 Å². The van der Waals surface area contributed by atoms with Crippen molar-refractivity contribution in [3.05, 3.63) is 0 Å². The molecule has 2 N–H and O–H groups in total. The summed E-state index contributed by atoms with van der Waals surface area (Å²) in [5, 5.41) is 11.9. The van der Waals surface area contributed by atoms with Gasteiger partial charge in [-0.1, -0.05) is 51.9 Å². The first-order valence-corrected chi connectivity index (χ1v) is 7.31. The number of aliphatic hydroxyl groups is 1. The van der Waals surface area contributed by atoms with E-state index in [1.165, 1.54) is 32.1 Å². The Bertz CT molecular complexity index is 217. The topological polar surface area (TPSA) is 32.3 Å². The van der Waals surface area contributed by atoms with Gasteiger partial charge in [0.25, 0.3) is 0 Å². The van der Waals surface area contributed by atoms with Gasteiger partial charge in [-0.25, -0.2) is 0 Å². The highest BCUT2D eigenvalue weighted by Gasteiger charge is 2.49. The molecule has 0 aliphatic rings. The van der Waals surface area contributed by atoms with Crippen molar-refractivity contribution in [2.45, 2.75) is 77.0 Å². The molecule has 0 heterocycles. The summed E-state index contributed by atoms with van der Waals surface area (Å²) in [6.07, 6.45) is 4.74. The zero-order valence-corrected chi connectivity index (χ0v) is 12.2. The highest BCUT2D eigenvalue weighted by atomic mass is 19.4. The Morgan fingerprint density at radius 1 is 0.895 bits per heavy atom. The maximum atomic E-state index is 12.3. The molecule has 0 saturated heterocycles. The lowest BCUT2D eigenvalue weighted by atomic mass is 10.1. The first-order chi connectivity index (χ1) is 8.81. The standard InChI is InChI=1S/C14H28F3NO/c1-3-4-5-6-7-8-9-10-11-18-12-13(2,19)14(15,16)17/h18-19H,3-12H2,1-2H3. The van der Waals surface area contributed by atoms with Crippen molar-refractivity contribution in [3.63, 3.8) is 0 Å². The number of hydrogen-bond donors (Lipinski definition) is 2. The highest BCUT2D eigenvalue weighted by Crippen LogP contribution is 2.29. The van der Waals surface area contributed by atoms with Gasteiger partial charge in [0, 0.05) is 6.54 Å². The van der Waals surface area contributed by atoms with Crippen molar-refractivity contribution >= 4 is 0 Å². The Hall–Kier alpha value is -0.290. The largest absolute Gasteiger partial charge is 0.418 e. The number of alkyl halides is 3. The molecule has 0 saturated carbocycles. The van der Waals surface area contributed by atoms with Gasteiger partial charge in [-0.2, -0.15) is 13.2 Å². The molecule has 1 atom stereocenters. The minimum atomic E-state index is -4.57. The molecule has 0 spiro atoms. The Morgan fingerprint density at radius 2 is 1.37 bits per heavy atom. The van der Waals surface area contributed by atoms with Crippen LogP contribution in [0.1, 0.15) is 65.2 Å². The van der Waals surface area contributed by atoms with E-state index in [9.17, 15) is 18.3 Å². The maximum Gasteiger partial charge on any atom is 0.418 e. The van der Waals surface area contributed by atoms with Crippen LogP contribution in [0, 0.1) is 0 Å². The summed E-state index contributed by atoms with van der Waals surface area (Å²) in [5.74, 6) is 0. The predicted octanol–water partition coefficient (Wildman–Crippen LogP) is 4.03. The molecule has 116 valence electrons. The molecule has 0 fully saturated rings. The second-order valence-corrected chi connectivity index (χ2v) is 5.42. The summed E-state index contributed by atoms with van der Waals surface area (Å²) in [7, 11) is 0. The van der Waals surface area contributed by atoms with E-state index in [2.05, 4.69) is 12.2 Å². The van der Waals surface area contributed by atoms with Gasteiger partial charge in [-0.3, -0.25) is 0 Å². The van der Waals surface area contributed by atoms with Gasteiger partial charge in [-0.05, 0) is 19.9 Å². The van der Waals surface area contributed by atoms with Crippen LogP contribution in [0.25, 0.3) is 0 Å². The lowest BCUT2D eigenvalue weighted by molar-refractivity contribution is -0.250. The SMILES string of the molecule is CCCCCCCCCCNCC(C)(O)C(F)(F)F. The Balaban J connectivity index is 3.37. The number of halogens is 3. The van der Waals surface area contributed by atoms with Gasteiger partial charge >= 0.3 is 6.18 Å². The van der Waals surface area contributed by atoms with E-state index >= 15 is 0 Å². The maximum absolute atomic E-state index is 12.3. The van der Waals surface area contributed by atoms with E-state index in [1.54, 1.807) is 0 Å². The van der Waals surface area contributed by atoms with Crippen molar-refractivity contribution in [3.8, 4) is 0 Å². The van der Waals surface area contributed by atoms with E-state index in [0.717, 1.165) is 26.2 Å². The lowest BCUT2D eigenvalue weighted by Gasteiger charge is -2.26. The van der Waals surface area contributed by atoms with E-state index in [-0.39, 0.29) is 0 Å². The van der Waals surface area contributed by atoms with Crippen LogP contribution in [0.3, 0.4) is 0 Å². The first-order valence-electron chi connectivity index (χ1n) is 7.31. The van der Waals surface area contributed by atoms with Gasteiger partial charge in [0.05, 0.1) is 0 Å². The summed E-state index contributed by atoms with van der Waals surface area (Å²) in [5.41, 5.74) is -2.63. The molecule has 0 radical (unpaired) electrons. The molecule has 2 nitrogen and oxygen atoms in total. The molecule has 0 aliphatic heterocycles. The van der Waals surface area contributed by atoms with Gasteiger partial charge in [0.1, 0.15) is 0 Å². The number of rotatable bonds is 11. The quantitative estimate of drug-likeness (QED) is 0.561. The molecule has 1 unspecified atom stereocenters. The fourth-order valence-corrected chi connectivity index (χ4v) is 1.82. The molecule has 0 aromatic heterocycles.